The van der Waals surface area contributed by atoms with Gasteiger partial charge in [-0.05, 0) is 25.0 Å². The van der Waals surface area contributed by atoms with Gasteiger partial charge >= 0.3 is 0 Å². The third kappa shape index (κ3) is 10.1. The summed E-state index contributed by atoms with van der Waals surface area (Å²) >= 11 is 3.47. The predicted octanol–water partition coefficient (Wildman–Crippen LogP) is 7.06. The highest BCUT2D eigenvalue weighted by Crippen LogP contribution is 2.35. The number of hydrogen-bond donors (Lipinski definition) is 3. The number of halogens is 1. The molecule has 8 heteroatoms. The predicted molar refractivity (Wildman–Crippen MR) is 160 cm³/mol. The summed E-state index contributed by atoms with van der Waals surface area (Å²) in [6.07, 6.45) is 11.4. The number of phenols is 1. The molecule has 0 radical (unpaired) electrons. The van der Waals surface area contributed by atoms with E-state index in [2.05, 4.69) is 15.9 Å². The van der Waals surface area contributed by atoms with Crippen molar-refractivity contribution in [2.24, 2.45) is 11.6 Å². The molecule has 0 unspecified atom stereocenters. The Morgan fingerprint density at radius 1 is 1.00 bits per heavy atom. The lowest BCUT2D eigenvalue weighted by Crippen LogP contribution is -2.28. The molecule has 0 saturated carbocycles. The number of phenolic OH excluding ortho intramolecular Hbond substituents is 1. The summed E-state index contributed by atoms with van der Waals surface area (Å²) < 4.78 is 11.8. The lowest BCUT2D eigenvalue weighted by molar-refractivity contribution is 0.316. The minimum absolute atomic E-state index is 0.0198. The van der Waals surface area contributed by atoms with Crippen LogP contribution in [-0.2, 0) is 0 Å². The van der Waals surface area contributed by atoms with Crippen molar-refractivity contribution in [3.63, 3.8) is 0 Å². The molecule has 1 aromatic heterocycles. The summed E-state index contributed by atoms with van der Waals surface area (Å²) in [7, 11) is 0. The molecule has 0 aliphatic rings. The molecule has 5 N–H and O–H groups in total. The number of nitrogens with two attached hydrogens (primary N) is 2. The first-order valence-corrected chi connectivity index (χ1v) is 14.6. The van der Waals surface area contributed by atoms with Crippen LogP contribution in [0.4, 0.5) is 0 Å². The molecule has 1 heterocycles. The van der Waals surface area contributed by atoms with Crippen LogP contribution in [0.1, 0.15) is 65.2 Å². The lowest BCUT2D eigenvalue weighted by atomic mass is 10.1. The van der Waals surface area contributed by atoms with Gasteiger partial charge in [0.1, 0.15) is 12.4 Å². The standard InChI is InChI=1S/C28H36BrN3O4.C2H6/c29-16-10-5-3-1-2-4-6-11-17-32(31)19-22(30)20-35-28-24(33)15-14-23-25(34)18-26(36-27(23)28)21-12-8-7-9-13-21;1-2/h7-9,12-15,18-19,33H,1-6,10-11,16-17,20,30-31H2;1-2H3/b22-19-;. The number of aromatic hydroxyl groups is 1. The fourth-order valence-electron chi connectivity index (χ4n) is 3.99. The number of nitrogens with zero attached hydrogens (tertiary/aromatic N) is 1. The van der Waals surface area contributed by atoms with E-state index in [9.17, 15) is 9.90 Å². The first-order valence-electron chi connectivity index (χ1n) is 13.5. The summed E-state index contributed by atoms with van der Waals surface area (Å²) in [5.41, 5.74) is 7.20. The zero-order valence-electron chi connectivity index (χ0n) is 22.6. The van der Waals surface area contributed by atoms with E-state index < -0.39 is 0 Å². The number of unbranched alkanes of at least 4 members (excludes halogenated alkanes) is 7. The van der Waals surface area contributed by atoms with E-state index in [4.69, 9.17) is 20.7 Å². The van der Waals surface area contributed by atoms with Gasteiger partial charge in [0.25, 0.3) is 0 Å². The second kappa shape index (κ2) is 17.5. The van der Waals surface area contributed by atoms with Crippen LogP contribution < -0.4 is 21.7 Å². The van der Waals surface area contributed by atoms with Gasteiger partial charge < -0.3 is 25.0 Å². The van der Waals surface area contributed by atoms with E-state index >= 15 is 0 Å². The Bertz CT molecular complexity index is 1180. The highest BCUT2D eigenvalue weighted by Gasteiger charge is 2.16. The fourth-order valence-corrected chi connectivity index (χ4v) is 4.38. The first kappa shape index (κ1) is 31.2. The summed E-state index contributed by atoms with van der Waals surface area (Å²) in [5, 5.41) is 13.4. The molecule has 2 aromatic carbocycles. The molecule has 0 atom stereocenters. The second-order valence-electron chi connectivity index (χ2n) is 8.88. The van der Waals surface area contributed by atoms with Crippen molar-refractivity contribution in [2.45, 2.75) is 65.2 Å². The average Bonchev–Trinajstić information content (AvgIpc) is 2.93. The van der Waals surface area contributed by atoms with Crippen LogP contribution in [0.3, 0.4) is 0 Å². The van der Waals surface area contributed by atoms with E-state index in [1.807, 2.05) is 44.2 Å². The number of hydrazine groups is 1. The highest BCUT2D eigenvalue weighted by molar-refractivity contribution is 9.09. The number of alkyl halides is 1. The van der Waals surface area contributed by atoms with Crippen LogP contribution in [0, 0.1) is 0 Å². The van der Waals surface area contributed by atoms with Crippen molar-refractivity contribution in [3.8, 4) is 22.8 Å². The molecule has 0 aliphatic carbocycles. The maximum Gasteiger partial charge on any atom is 0.205 e. The SMILES string of the molecule is CC.N/C(=C\N(N)CCCCCCCCCCBr)COc1c(O)ccc2c(=O)cc(-c3ccccc3)oc12. The maximum atomic E-state index is 12.7. The topological polar surface area (TPSA) is 115 Å². The van der Waals surface area contributed by atoms with Crippen molar-refractivity contribution in [1.82, 2.24) is 5.01 Å². The minimum Gasteiger partial charge on any atom is -0.504 e. The number of ether oxygens (including phenoxy) is 1. The molecule has 3 aromatic rings. The van der Waals surface area contributed by atoms with Gasteiger partial charge in [0.15, 0.2) is 16.8 Å². The van der Waals surface area contributed by atoms with E-state index in [1.165, 1.54) is 56.7 Å². The summed E-state index contributed by atoms with van der Waals surface area (Å²) in [4.78, 5) is 12.7. The molecule has 208 valence electrons. The third-order valence-electron chi connectivity index (χ3n) is 5.90. The van der Waals surface area contributed by atoms with Crippen LogP contribution in [-0.4, -0.2) is 28.6 Å². The molecule has 0 bridgehead atoms. The van der Waals surface area contributed by atoms with Gasteiger partial charge in [0, 0.05) is 29.7 Å². The highest BCUT2D eigenvalue weighted by atomic mass is 79.9. The Morgan fingerprint density at radius 3 is 2.29 bits per heavy atom. The number of hydrogen-bond acceptors (Lipinski definition) is 7. The van der Waals surface area contributed by atoms with E-state index in [-0.39, 0.29) is 29.1 Å². The molecular weight excluding hydrogens is 546 g/mol. The number of fused-ring (bicyclic) bond motifs is 1. The molecule has 0 amide bonds. The zero-order chi connectivity index (χ0) is 27.8. The van der Waals surface area contributed by atoms with Crippen molar-refractivity contribution < 1.29 is 14.3 Å². The molecule has 38 heavy (non-hydrogen) atoms. The summed E-state index contributed by atoms with van der Waals surface area (Å²) in [6, 6.07) is 13.6. The number of rotatable bonds is 15. The Balaban J connectivity index is 0.00000247. The fraction of sp³-hybridized carbons (Fsp3) is 0.433. The van der Waals surface area contributed by atoms with Crippen LogP contribution in [0.5, 0.6) is 11.5 Å². The number of benzene rings is 2. The van der Waals surface area contributed by atoms with Crippen LogP contribution in [0.2, 0.25) is 0 Å². The van der Waals surface area contributed by atoms with Crippen molar-refractivity contribution in [2.75, 3.05) is 18.5 Å². The monoisotopic (exact) mass is 587 g/mol. The van der Waals surface area contributed by atoms with Gasteiger partial charge in [0.2, 0.25) is 5.75 Å². The summed E-state index contributed by atoms with van der Waals surface area (Å²) in [5.74, 6) is 6.39. The first-order chi connectivity index (χ1) is 18.5. The third-order valence-corrected chi connectivity index (χ3v) is 6.46. The van der Waals surface area contributed by atoms with Gasteiger partial charge in [-0.15, -0.1) is 0 Å². The quantitative estimate of drug-likeness (QED) is 0.0753. The molecule has 0 fully saturated rings. The largest absolute Gasteiger partial charge is 0.504 e. The van der Waals surface area contributed by atoms with Gasteiger partial charge in [-0.25, -0.2) is 5.84 Å². The Kier molecular flexibility index (Phi) is 14.4. The smallest absolute Gasteiger partial charge is 0.205 e. The molecule has 0 aliphatic heterocycles. The lowest BCUT2D eigenvalue weighted by Gasteiger charge is -2.16. The van der Waals surface area contributed by atoms with Crippen molar-refractivity contribution in [1.29, 1.82) is 0 Å². The van der Waals surface area contributed by atoms with Crippen LogP contribution in [0.25, 0.3) is 22.3 Å². The van der Waals surface area contributed by atoms with Crippen molar-refractivity contribution in [3.05, 3.63) is 70.7 Å². The normalized spacial score (nSPS) is 11.2. The van der Waals surface area contributed by atoms with E-state index in [0.717, 1.165) is 23.7 Å². The molecule has 0 spiro atoms. The maximum absolute atomic E-state index is 12.7. The van der Waals surface area contributed by atoms with Gasteiger partial charge in [-0.2, -0.15) is 0 Å². The minimum atomic E-state index is -0.226. The van der Waals surface area contributed by atoms with E-state index in [1.54, 1.807) is 11.2 Å². The molecule has 7 nitrogen and oxygen atoms in total. The Morgan fingerprint density at radius 2 is 1.63 bits per heavy atom. The van der Waals surface area contributed by atoms with Crippen LogP contribution in [0.15, 0.2) is 69.6 Å². The van der Waals surface area contributed by atoms with Gasteiger partial charge in [0.05, 0.1) is 11.1 Å². The molecular formula is C30H42BrN3O4. The Labute approximate surface area is 234 Å². The molecule has 3 rings (SSSR count). The van der Waals surface area contributed by atoms with Gasteiger partial charge in [-0.1, -0.05) is 98.6 Å². The average molecular weight is 589 g/mol. The van der Waals surface area contributed by atoms with E-state index in [0.29, 0.717) is 23.4 Å². The summed E-state index contributed by atoms with van der Waals surface area (Å²) in [6.45, 7) is 4.67. The van der Waals surface area contributed by atoms with Crippen LogP contribution >= 0.6 is 15.9 Å². The Hall–Kier alpha value is -2.97. The zero-order valence-corrected chi connectivity index (χ0v) is 24.2. The molecule has 0 saturated heterocycles. The second-order valence-corrected chi connectivity index (χ2v) is 9.67. The van der Waals surface area contributed by atoms with Crippen molar-refractivity contribution >= 4 is 26.9 Å². The van der Waals surface area contributed by atoms with Gasteiger partial charge in [-0.3, -0.25) is 4.79 Å².